The number of benzene rings is 1. The summed E-state index contributed by atoms with van der Waals surface area (Å²) in [5, 5.41) is 3.79. The Bertz CT molecular complexity index is 735. The molecule has 1 aromatic carbocycles. The molecule has 1 aromatic heterocycles. The van der Waals surface area contributed by atoms with Crippen molar-refractivity contribution < 1.29 is 4.52 Å². The molecule has 0 amide bonds. The Morgan fingerprint density at radius 1 is 1.13 bits per heavy atom. The van der Waals surface area contributed by atoms with Gasteiger partial charge in [-0.1, -0.05) is 64.9 Å². The zero-order valence-electron chi connectivity index (χ0n) is 15.1. The van der Waals surface area contributed by atoms with Crippen molar-refractivity contribution in [2.24, 2.45) is 5.92 Å². The summed E-state index contributed by atoms with van der Waals surface area (Å²) in [6.07, 6.45) is 4.76. The number of hydrogen-bond donors (Lipinski definition) is 0. The van der Waals surface area contributed by atoms with Crippen molar-refractivity contribution in [3.63, 3.8) is 0 Å². The summed E-state index contributed by atoms with van der Waals surface area (Å²) in [5.41, 5.74) is 5.98. The Morgan fingerprint density at radius 3 is 2.43 bits per heavy atom. The van der Waals surface area contributed by atoms with Gasteiger partial charge in [0.15, 0.2) is 5.76 Å². The summed E-state index contributed by atoms with van der Waals surface area (Å²) >= 11 is 0. The summed E-state index contributed by atoms with van der Waals surface area (Å²) in [7, 11) is 0. The van der Waals surface area contributed by atoms with E-state index < -0.39 is 0 Å². The van der Waals surface area contributed by atoms with Crippen LogP contribution in [0.4, 0.5) is 0 Å². The topological polar surface area (TPSA) is 26.0 Å². The van der Waals surface area contributed by atoms with E-state index in [1.165, 1.54) is 22.3 Å². The molecule has 1 atom stereocenters. The van der Waals surface area contributed by atoms with E-state index in [1.807, 2.05) is 6.07 Å². The lowest BCUT2D eigenvalue weighted by Gasteiger charge is -2.32. The number of rotatable bonds is 3. The first-order valence-electron chi connectivity index (χ1n) is 8.55. The molecule has 3 rings (SSSR count). The van der Waals surface area contributed by atoms with Gasteiger partial charge in [-0.25, -0.2) is 0 Å². The molecule has 122 valence electrons. The maximum absolute atomic E-state index is 5.24. The predicted octanol–water partition coefficient (Wildman–Crippen LogP) is 5.83. The number of nitrogens with zero attached hydrogens (tertiary/aromatic N) is 1. The summed E-state index contributed by atoms with van der Waals surface area (Å²) in [6, 6.07) is 8.89. The van der Waals surface area contributed by atoms with E-state index in [1.54, 1.807) is 6.20 Å². The molecule has 0 radical (unpaired) electrons. The van der Waals surface area contributed by atoms with Gasteiger partial charge in [0, 0.05) is 6.07 Å². The molecule has 1 aliphatic carbocycles. The van der Waals surface area contributed by atoms with Gasteiger partial charge in [0.2, 0.25) is 0 Å². The number of allylic oxidation sites excluding steroid dienone is 1. The molecule has 0 spiro atoms. The Kier molecular flexibility index (Phi) is 3.74. The molecule has 1 heterocycles. The second kappa shape index (κ2) is 5.36. The number of fused-ring (bicyclic) bond motifs is 1. The number of aromatic nitrogens is 1. The Hall–Kier alpha value is -1.83. The van der Waals surface area contributed by atoms with Crippen molar-refractivity contribution in [2.75, 3.05) is 0 Å². The first kappa shape index (κ1) is 16.0. The zero-order valence-corrected chi connectivity index (χ0v) is 15.1. The van der Waals surface area contributed by atoms with Gasteiger partial charge in [-0.2, -0.15) is 0 Å². The average molecular weight is 309 g/mol. The molecule has 0 aliphatic heterocycles. The van der Waals surface area contributed by atoms with Gasteiger partial charge in [-0.15, -0.1) is 0 Å². The minimum atomic E-state index is 0.194. The van der Waals surface area contributed by atoms with E-state index in [4.69, 9.17) is 4.52 Å². The molecule has 2 aromatic rings. The van der Waals surface area contributed by atoms with Crippen LogP contribution in [-0.2, 0) is 10.8 Å². The quantitative estimate of drug-likeness (QED) is 0.713. The molecule has 1 aliphatic rings. The zero-order chi connectivity index (χ0) is 16.8. The highest BCUT2D eigenvalue weighted by Gasteiger charge is 2.48. The van der Waals surface area contributed by atoms with Crippen LogP contribution >= 0.6 is 0 Å². The van der Waals surface area contributed by atoms with Crippen LogP contribution in [0.3, 0.4) is 0 Å². The largest absolute Gasteiger partial charge is 0.357 e. The minimum absolute atomic E-state index is 0.194. The smallest absolute Gasteiger partial charge is 0.159 e. The lowest BCUT2D eigenvalue weighted by molar-refractivity contribution is 0.264. The molecule has 23 heavy (non-hydrogen) atoms. The molecular weight excluding hydrogens is 282 g/mol. The normalized spacial score (nSPS) is 22.2. The third-order valence-corrected chi connectivity index (χ3v) is 6.10. The van der Waals surface area contributed by atoms with Crippen LogP contribution in [0.25, 0.3) is 11.6 Å². The van der Waals surface area contributed by atoms with Crippen molar-refractivity contribution in [1.82, 2.24) is 5.16 Å². The highest BCUT2D eigenvalue weighted by Crippen LogP contribution is 2.53. The van der Waals surface area contributed by atoms with E-state index >= 15 is 0 Å². The van der Waals surface area contributed by atoms with Crippen molar-refractivity contribution in [2.45, 2.75) is 58.8 Å². The maximum atomic E-state index is 5.24. The minimum Gasteiger partial charge on any atom is -0.357 e. The van der Waals surface area contributed by atoms with Crippen molar-refractivity contribution in [3.8, 4) is 0 Å². The average Bonchev–Trinajstić information content (AvgIpc) is 3.07. The fourth-order valence-electron chi connectivity index (χ4n) is 4.07. The summed E-state index contributed by atoms with van der Waals surface area (Å²) in [6.45, 7) is 14.1. The second-order valence-corrected chi connectivity index (χ2v) is 7.86. The van der Waals surface area contributed by atoms with Gasteiger partial charge < -0.3 is 4.52 Å². The molecule has 0 fully saturated rings. The van der Waals surface area contributed by atoms with E-state index in [2.05, 4.69) is 71.0 Å². The van der Waals surface area contributed by atoms with Crippen LogP contribution in [0.15, 0.2) is 35.0 Å². The van der Waals surface area contributed by atoms with Crippen LogP contribution in [0.1, 0.15) is 70.4 Å². The van der Waals surface area contributed by atoms with Gasteiger partial charge in [-0.3, -0.25) is 0 Å². The highest BCUT2D eigenvalue weighted by molar-refractivity contribution is 5.80. The lowest BCUT2D eigenvalue weighted by Crippen LogP contribution is -2.30. The van der Waals surface area contributed by atoms with E-state index in [-0.39, 0.29) is 10.8 Å². The monoisotopic (exact) mass is 309 g/mol. The molecule has 0 saturated carbocycles. The summed E-state index contributed by atoms with van der Waals surface area (Å²) < 4.78 is 5.24. The van der Waals surface area contributed by atoms with Gasteiger partial charge in [0.1, 0.15) is 0 Å². The third kappa shape index (κ3) is 2.45. The molecule has 0 bridgehead atoms. The van der Waals surface area contributed by atoms with Gasteiger partial charge in [0.25, 0.3) is 0 Å². The number of hydrogen-bond acceptors (Lipinski definition) is 2. The van der Waals surface area contributed by atoms with Crippen molar-refractivity contribution >= 4 is 11.6 Å². The second-order valence-electron chi connectivity index (χ2n) is 7.86. The van der Waals surface area contributed by atoms with Crippen LogP contribution in [-0.4, -0.2) is 5.16 Å². The molecular formula is C21H27NO. The fourth-order valence-corrected chi connectivity index (χ4v) is 4.07. The van der Waals surface area contributed by atoms with E-state index in [0.717, 1.165) is 12.2 Å². The van der Waals surface area contributed by atoms with Gasteiger partial charge in [0.05, 0.1) is 6.20 Å². The third-order valence-electron chi connectivity index (χ3n) is 6.10. The molecule has 1 unspecified atom stereocenters. The summed E-state index contributed by atoms with van der Waals surface area (Å²) in [4.78, 5) is 0. The standard InChI is InChI=1S/C21H27NO/c1-7-15(12-17-10-11-22-23-17)16-8-9-18-19(13-16)21(5,6)14(2)20(18,3)4/h8-14H,7H2,1-6H3. The van der Waals surface area contributed by atoms with Crippen molar-refractivity contribution in [1.29, 1.82) is 0 Å². The maximum Gasteiger partial charge on any atom is 0.159 e. The van der Waals surface area contributed by atoms with Gasteiger partial charge in [-0.05, 0) is 51.5 Å². The van der Waals surface area contributed by atoms with E-state index in [9.17, 15) is 0 Å². The molecule has 0 N–H and O–H groups in total. The van der Waals surface area contributed by atoms with Crippen LogP contribution in [0, 0.1) is 5.92 Å². The predicted molar refractivity (Wildman–Crippen MR) is 96.3 cm³/mol. The Morgan fingerprint density at radius 2 is 1.83 bits per heavy atom. The first-order valence-corrected chi connectivity index (χ1v) is 8.55. The van der Waals surface area contributed by atoms with Crippen molar-refractivity contribution in [3.05, 3.63) is 52.9 Å². The molecule has 2 nitrogen and oxygen atoms in total. The van der Waals surface area contributed by atoms with E-state index in [0.29, 0.717) is 5.92 Å². The van der Waals surface area contributed by atoms with Crippen LogP contribution in [0.2, 0.25) is 0 Å². The van der Waals surface area contributed by atoms with Gasteiger partial charge >= 0.3 is 0 Å². The molecule has 0 saturated heterocycles. The first-order chi connectivity index (χ1) is 10.8. The summed E-state index contributed by atoms with van der Waals surface area (Å²) in [5.74, 6) is 1.43. The Balaban J connectivity index is 2.10. The molecule has 2 heteroatoms. The lowest BCUT2D eigenvalue weighted by atomic mass is 9.71. The SMILES string of the molecule is CCC(=Cc1ccno1)c1ccc2c(c1)C(C)(C)C(C)C2(C)C. The fraction of sp³-hybridized carbons (Fsp3) is 0.476. The highest BCUT2D eigenvalue weighted by atomic mass is 16.5. The van der Waals surface area contributed by atoms with Crippen LogP contribution < -0.4 is 0 Å². The Labute approximate surface area is 139 Å². The van der Waals surface area contributed by atoms with Crippen LogP contribution in [0.5, 0.6) is 0 Å².